The molecule has 110 valence electrons. The van der Waals surface area contributed by atoms with E-state index in [-0.39, 0.29) is 30.5 Å². The average Bonchev–Trinajstić information content (AvgIpc) is 2.34. The molecule has 4 nitrogen and oxygen atoms in total. The molecule has 0 saturated carbocycles. The van der Waals surface area contributed by atoms with Gasteiger partial charge in [-0.3, -0.25) is 4.79 Å². The molecule has 0 aliphatic carbocycles. The number of ether oxygens (including phenoxy) is 1. The Kier molecular flexibility index (Phi) is 14.6. The fraction of sp³-hybridized carbons (Fsp3) is 0.923. The smallest absolute Gasteiger partial charge is 0.249 e. The van der Waals surface area contributed by atoms with Crippen LogP contribution in [0.25, 0.3) is 0 Å². The molecular formula is C13H29ClN2O2. The molecule has 3 N–H and O–H groups in total. The third kappa shape index (κ3) is 9.68. The number of carbonyl (C=O) groups excluding carboxylic acids is 1. The number of hydrogen-bond acceptors (Lipinski definition) is 3. The lowest BCUT2D eigenvalue weighted by atomic mass is 10.1. The van der Waals surface area contributed by atoms with Gasteiger partial charge in [0.25, 0.3) is 0 Å². The number of carbonyl (C=O) groups is 1. The first-order valence-corrected chi connectivity index (χ1v) is 6.77. The molecule has 0 aliphatic rings. The highest BCUT2D eigenvalue weighted by atomic mass is 35.5. The van der Waals surface area contributed by atoms with Crippen LogP contribution in [0, 0.1) is 0 Å². The first-order chi connectivity index (χ1) is 8.15. The van der Waals surface area contributed by atoms with E-state index in [1.807, 2.05) is 0 Å². The fourth-order valence-electron chi connectivity index (χ4n) is 1.50. The van der Waals surface area contributed by atoms with Crippen LogP contribution in [-0.2, 0) is 9.53 Å². The van der Waals surface area contributed by atoms with Crippen molar-refractivity contribution < 1.29 is 9.53 Å². The van der Waals surface area contributed by atoms with E-state index in [2.05, 4.69) is 19.2 Å². The van der Waals surface area contributed by atoms with E-state index in [9.17, 15) is 4.79 Å². The van der Waals surface area contributed by atoms with Crippen molar-refractivity contribution in [1.29, 1.82) is 0 Å². The minimum absolute atomic E-state index is 0. The number of nitrogens with two attached hydrogens (primary N) is 1. The molecule has 2 unspecified atom stereocenters. The summed E-state index contributed by atoms with van der Waals surface area (Å²) in [5, 5.41) is 2.94. The molecule has 2 atom stereocenters. The Hall–Kier alpha value is -0.320. The molecule has 0 aromatic heterocycles. The van der Waals surface area contributed by atoms with Gasteiger partial charge >= 0.3 is 0 Å². The Morgan fingerprint density at radius 3 is 2.39 bits per heavy atom. The summed E-state index contributed by atoms with van der Waals surface area (Å²) in [5.74, 6) is -0.0485. The van der Waals surface area contributed by atoms with Crippen molar-refractivity contribution in [3.05, 3.63) is 0 Å². The summed E-state index contributed by atoms with van der Waals surface area (Å²) in [5.41, 5.74) is 5.63. The number of amides is 1. The van der Waals surface area contributed by atoms with Gasteiger partial charge < -0.3 is 15.8 Å². The van der Waals surface area contributed by atoms with Gasteiger partial charge in [0.2, 0.25) is 5.91 Å². The van der Waals surface area contributed by atoms with Crippen LogP contribution in [0.15, 0.2) is 0 Å². The van der Waals surface area contributed by atoms with Gasteiger partial charge in [-0.05, 0) is 19.8 Å². The van der Waals surface area contributed by atoms with Crippen LogP contribution in [0.2, 0.25) is 0 Å². The lowest BCUT2D eigenvalue weighted by Gasteiger charge is -2.19. The molecule has 0 aliphatic heterocycles. The lowest BCUT2D eigenvalue weighted by molar-refractivity contribution is -0.132. The highest BCUT2D eigenvalue weighted by Gasteiger charge is 2.16. The van der Waals surface area contributed by atoms with Crippen molar-refractivity contribution in [1.82, 2.24) is 5.32 Å². The summed E-state index contributed by atoms with van der Waals surface area (Å²) in [6.07, 6.45) is 4.85. The van der Waals surface area contributed by atoms with Crippen LogP contribution >= 0.6 is 12.4 Å². The highest BCUT2D eigenvalue weighted by molar-refractivity contribution is 5.85. The minimum Gasteiger partial charge on any atom is -0.369 e. The summed E-state index contributed by atoms with van der Waals surface area (Å²) >= 11 is 0. The maximum absolute atomic E-state index is 11.8. The van der Waals surface area contributed by atoms with Crippen LogP contribution in [0.3, 0.4) is 0 Å². The van der Waals surface area contributed by atoms with Gasteiger partial charge in [-0.2, -0.15) is 0 Å². The van der Waals surface area contributed by atoms with E-state index in [4.69, 9.17) is 10.5 Å². The quantitative estimate of drug-likeness (QED) is 0.603. The van der Waals surface area contributed by atoms with Crippen LogP contribution in [0.4, 0.5) is 0 Å². The van der Waals surface area contributed by atoms with Crippen LogP contribution in [-0.4, -0.2) is 31.2 Å². The summed E-state index contributed by atoms with van der Waals surface area (Å²) in [7, 11) is 0. The number of nitrogens with one attached hydrogen (secondary N) is 1. The molecule has 0 saturated heterocycles. The Morgan fingerprint density at radius 1 is 1.28 bits per heavy atom. The molecular weight excluding hydrogens is 252 g/mol. The second-order valence-electron chi connectivity index (χ2n) is 4.45. The van der Waals surface area contributed by atoms with Crippen molar-refractivity contribution in [2.75, 3.05) is 13.2 Å². The normalized spacial score (nSPS) is 13.6. The summed E-state index contributed by atoms with van der Waals surface area (Å²) < 4.78 is 5.44. The zero-order chi connectivity index (χ0) is 13.1. The molecule has 0 rings (SSSR count). The first kappa shape index (κ1) is 20.0. The number of hydrogen-bond donors (Lipinski definition) is 2. The fourth-order valence-corrected chi connectivity index (χ4v) is 1.50. The topological polar surface area (TPSA) is 64.3 Å². The van der Waals surface area contributed by atoms with Crippen molar-refractivity contribution in [3.8, 4) is 0 Å². The summed E-state index contributed by atoms with van der Waals surface area (Å²) in [6, 6.07) is 0.0830. The van der Waals surface area contributed by atoms with E-state index in [1.54, 1.807) is 6.92 Å². The molecule has 0 aromatic rings. The average molecular weight is 281 g/mol. The maximum atomic E-state index is 11.8. The first-order valence-electron chi connectivity index (χ1n) is 6.77. The molecule has 0 fully saturated rings. The van der Waals surface area contributed by atoms with Gasteiger partial charge in [0.1, 0.15) is 6.10 Å². The van der Waals surface area contributed by atoms with Gasteiger partial charge in [0.05, 0.1) is 0 Å². The second-order valence-corrected chi connectivity index (χ2v) is 4.45. The van der Waals surface area contributed by atoms with E-state index in [0.29, 0.717) is 13.2 Å². The Balaban J connectivity index is 0. The van der Waals surface area contributed by atoms with E-state index in [1.165, 1.54) is 0 Å². The molecule has 0 bridgehead atoms. The van der Waals surface area contributed by atoms with Crippen LogP contribution in [0.1, 0.15) is 52.9 Å². The molecule has 0 spiro atoms. The second kappa shape index (κ2) is 13.1. The number of halogens is 1. The summed E-state index contributed by atoms with van der Waals surface area (Å²) in [4.78, 5) is 11.8. The largest absolute Gasteiger partial charge is 0.369 e. The SMILES string of the molecule is CCCCOC(C)C(=O)NC(CN)CCCC.Cl. The molecule has 0 aromatic carbocycles. The van der Waals surface area contributed by atoms with Crippen LogP contribution < -0.4 is 11.1 Å². The zero-order valence-electron chi connectivity index (χ0n) is 11.9. The predicted molar refractivity (Wildman–Crippen MR) is 78.1 cm³/mol. The van der Waals surface area contributed by atoms with Gasteiger partial charge in [-0.1, -0.05) is 33.1 Å². The van der Waals surface area contributed by atoms with Gasteiger partial charge in [-0.25, -0.2) is 0 Å². The Labute approximate surface area is 117 Å². The molecule has 18 heavy (non-hydrogen) atoms. The highest BCUT2D eigenvalue weighted by Crippen LogP contribution is 2.01. The van der Waals surface area contributed by atoms with E-state index in [0.717, 1.165) is 32.1 Å². The monoisotopic (exact) mass is 280 g/mol. The van der Waals surface area contributed by atoms with Crippen molar-refractivity contribution >= 4 is 18.3 Å². The third-order valence-corrected chi connectivity index (χ3v) is 2.77. The number of unbranched alkanes of at least 4 members (excludes halogenated alkanes) is 2. The third-order valence-electron chi connectivity index (χ3n) is 2.77. The summed E-state index contributed by atoms with van der Waals surface area (Å²) in [6.45, 7) is 7.16. The van der Waals surface area contributed by atoms with Crippen LogP contribution in [0.5, 0.6) is 0 Å². The predicted octanol–water partition coefficient (Wildman–Crippen LogP) is 2.25. The minimum atomic E-state index is -0.378. The molecule has 0 heterocycles. The number of rotatable bonds is 10. The lowest BCUT2D eigenvalue weighted by Crippen LogP contribution is -2.45. The van der Waals surface area contributed by atoms with Crippen molar-refractivity contribution in [2.45, 2.75) is 65.0 Å². The molecule has 1 amide bonds. The van der Waals surface area contributed by atoms with Crippen molar-refractivity contribution in [2.24, 2.45) is 5.73 Å². The Morgan fingerprint density at radius 2 is 1.89 bits per heavy atom. The van der Waals surface area contributed by atoms with Gasteiger partial charge in [0.15, 0.2) is 0 Å². The molecule has 5 heteroatoms. The molecule has 0 radical (unpaired) electrons. The van der Waals surface area contributed by atoms with Crippen molar-refractivity contribution in [3.63, 3.8) is 0 Å². The van der Waals surface area contributed by atoms with E-state index < -0.39 is 0 Å². The standard InChI is InChI=1S/C13H28N2O2.ClH/c1-4-6-8-12(10-14)15-13(16)11(3)17-9-7-5-2;/h11-12H,4-10,14H2,1-3H3,(H,15,16);1H. The van der Waals surface area contributed by atoms with Gasteiger partial charge in [0, 0.05) is 19.2 Å². The van der Waals surface area contributed by atoms with Gasteiger partial charge in [-0.15, -0.1) is 12.4 Å². The maximum Gasteiger partial charge on any atom is 0.249 e. The van der Waals surface area contributed by atoms with E-state index >= 15 is 0 Å². The Bertz CT molecular complexity index is 203. The zero-order valence-corrected chi connectivity index (χ0v) is 12.7.